The molecule has 7 nitrogen and oxygen atoms in total. The van der Waals surface area contributed by atoms with Crippen molar-refractivity contribution in [1.82, 2.24) is 9.88 Å². The Hall–Kier alpha value is -2.39. The Kier molecular flexibility index (Phi) is 6.38. The fourth-order valence-corrected chi connectivity index (χ4v) is 2.75. The lowest BCUT2D eigenvalue weighted by Crippen LogP contribution is -2.22. The predicted octanol–water partition coefficient (Wildman–Crippen LogP) is 2.98. The van der Waals surface area contributed by atoms with Crippen molar-refractivity contribution in [2.75, 3.05) is 19.8 Å². The number of H-pyrrole nitrogens is 1. The minimum Gasteiger partial charge on any atom is -0.398 e. The van der Waals surface area contributed by atoms with E-state index in [2.05, 4.69) is 41.3 Å². The molecule has 1 aromatic heterocycles. The van der Waals surface area contributed by atoms with Crippen molar-refractivity contribution in [2.24, 2.45) is 0 Å². The van der Waals surface area contributed by atoms with E-state index >= 15 is 0 Å². The quantitative estimate of drug-likeness (QED) is 0.516. The molecule has 0 saturated carbocycles. The molecule has 0 atom stereocenters. The highest BCUT2D eigenvalue weighted by Crippen LogP contribution is 2.19. The minimum absolute atomic E-state index is 0.0844. The smallest absolute Gasteiger partial charge is 0.398 e. The summed E-state index contributed by atoms with van der Waals surface area (Å²) in [5.74, 6) is -0.821. The van der Waals surface area contributed by atoms with Crippen LogP contribution in [-0.2, 0) is 0 Å². The molecule has 26 heavy (non-hydrogen) atoms. The Morgan fingerprint density at radius 2 is 1.69 bits per heavy atom. The van der Waals surface area contributed by atoms with Gasteiger partial charge in [-0.15, -0.1) is 0 Å². The summed E-state index contributed by atoms with van der Waals surface area (Å²) < 4.78 is 5.97. The van der Waals surface area contributed by atoms with E-state index in [0.717, 1.165) is 8.95 Å². The third-order valence-electron chi connectivity index (χ3n) is 3.28. The molecule has 0 fully saturated rings. The van der Waals surface area contributed by atoms with Gasteiger partial charge in [-0.1, -0.05) is 31.9 Å². The Morgan fingerprint density at radius 3 is 2.35 bits per heavy atom. The van der Waals surface area contributed by atoms with E-state index in [4.69, 9.17) is 5.73 Å². The lowest BCUT2D eigenvalue weighted by molar-refractivity contribution is 0.0828. The third-order valence-corrected chi connectivity index (χ3v) is 4.26. The zero-order chi connectivity index (χ0) is 19.4. The van der Waals surface area contributed by atoms with Crippen molar-refractivity contribution < 1.29 is 9.21 Å². The lowest BCUT2D eigenvalue weighted by atomic mass is 10.1. The van der Waals surface area contributed by atoms with Crippen molar-refractivity contribution in [1.29, 1.82) is 0 Å². The van der Waals surface area contributed by atoms with Crippen molar-refractivity contribution in [3.05, 3.63) is 71.9 Å². The first kappa shape index (κ1) is 19.9. The third kappa shape index (κ3) is 4.83. The number of hydrogen-bond donors (Lipinski definition) is 2. The molecule has 0 aliphatic rings. The van der Waals surface area contributed by atoms with Crippen LogP contribution in [0.2, 0.25) is 0 Å². The Morgan fingerprint density at radius 1 is 1.08 bits per heavy atom. The zero-order valence-corrected chi connectivity index (χ0v) is 17.0. The van der Waals surface area contributed by atoms with Crippen molar-refractivity contribution >= 4 is 54.4 Å². The SMILES string of the molecule is CN(C)C(=O)c1cc(Br)ccc1N.O=c1[nH]c2ccc(Br)cc2c(=O)o1. The van der Waals surface area contributed by atoms with Crippen LogP contribution in [0.3, 0.4) is 0 Å². The highest BCUT2D eigenvalue weighted by molar-refractivity contribution is 9.10. The maximum absolute atomic E-state index is 11.5. The molecule has 3 rings (SSSR count). The van der Waals surface area contributed by atoms with Crippen LogP contribution in [0.5, 0.6) is 0 Å². The Labute approximate surface area is 165 Å². The van der Waals surface area contributed by atoms with Gasteiger partial charge in [-0.25, -0.2) is 9.59 Å². The molecule has 0 bridgehead atoms. The number of hydrogen-bond acceptors (Lipinski definition) is 5. The predicted molar refractivity (Wildman–Crippen MR) is 107 cm³/mol. The normalized spacial score (nSPS) is 10.2. The Balaban J connectivity index is 0.000000187. The molecule has 0 aliphatic carbocycles. The molecule has 9 heteroatoms. The number of amides is 1. The Bertz CT molecular complexity index is 1070. The highest BCUT2D eigenvalue weighted by Gasteiger charge is 2.11. The van der Waals surface area contributed by atoms with Gasteiger partial charge < -0.3 is 15.1 Å². The molecular weight excluding hydrogens is 470 g/mol. The van der Waals surface area contributed by atoms with Crippen LogP contribution < -0.4 is 17.1 Å². The number of rotatable bonds is 1. The summed E-state index contributed by atoms with van der Waals surface area (Å²) in [6, 6.07) is 10.2. The molecule has 1 heterocycles. The summed E-state index contributed by atoms with van der Waals surface area (Å²) in [6.45, 7) is 0. The molecule has 0 unspecified atom stereocenters. The number of nitrogens with zero attached hydrogens (tertiary/aromatic N) is 1. The first-order chi connectivity index (χ1) is 12.2. The number of carbonyl (C=O) groups excluding carboxylic acids is 1. The number of aromatic amines is 1. The van der Waals surface area contributed by atoms with E-state index in [1.807, 2.05) is 6.07 Å². The largest absolute Gasteiger partial charge is 0.419 e. The second-order valence-corrected chi connectivity index (χ2v) is 7.25. The number of nitrogen functional groups attached to an aromatic ring is 1. The van der Waals surface area contributed by atoms with Gasteiger partial charge in [-0.05, 0) is 36.4 Å². The van der Waals surface area contributed by atoms with Gasteiger partial charge in [-0.3, -0.25) is 9.78 Å². The van der Waals surface area contributed by atoms with E-state index < -0.39 is 11.4 Å². The van der Waals surface area contributed by atoms with Gasteiger partial charge in [0.25, 0.3) is 5.91 Å². The molecule has 0 aliphatic heterocycles. The topological polar surface area (TPSA) is 109 Å². The summed E-state index contributed by atoms with van der Waals surface area (Å²) in [4.78, 5) is 37.4. The fourth-order valence-electron chi connectivity index (χ4n) is 2.02. The molecule has 3 aromatic rings. The van der Waals surface area contributed by atoms with Gasteiger partial charge in [0, 0.05) is 28.7 Å². The van der Waals surface area contributed by atoms with Gasteiger partial charge in [-0.2, -0.15) is 0 Å². The molecule has 2 aromatic carbocycles. The molecular formula is C17H15Br2N3O4. The number of nitrogens with one attached hydrogen (secondary N) is 1. The van der Waals surface area contributed by atoms with Crippen molar-refractivity contribution in [2.45, 2.75) is 0 Å². The van der Waals surface area contributed by atoms with Crippen LogP contribution in [0.1, 0.15) is 10.4 Å². The average molecular weight is 485 g/mol. The molecule has 0 radical (unpaired) electrons. The van der Waals surface area contributed by atoms with Crippen LogP contribution >= 0.6 is 31.9 Å². The molecule has 136 valence electrons. The van der Waals surface area contributed by atoms with E-state index in [-0.39, 0.29) is 5.91 Å². The number of anilines is 1. The maximum Gasteiger partial charge on any atom is 0.419 e. The molecule has 3 N–H and O–H groups in total. The number of halogens is 2. The summed E-state index contributed by atoms with van der Waals surface area (Å²) >= 11 is 6.50. The summed E-state index contributed by atoms with van der Waals surface area (Å²) in [7, 11) is 3.39. The number of aromatic nitrogens is 1. The number of carbonyl (C=O) groups is 1. The van der Waals surface area contributed by atoms with Crippen LogP contribution in [0, 0.1) is 0 Å². The van der Waals surface area contributed by atoms with Crippen molar-refractivity contribution in [3.8, 4) is 0 Å². The standard InChI is InChI=1S/C9H11BrN2O.C8H4BrNO3/c1-12(2)9(13)7-5-6(10)3-4-8(7)11;9-4-1-2-6-5(3-4)7(11)13-8(12)10-6/h3-5H,11H2,1-2H3;1-3H,(H,10,12). The van der Waals surface area contributed by atoms with Gasteiger partial charge in [0.1, 0.15) is 0 Å². The summed E-state index contributed by atoms with van der Waals surface area (Å²) in [6.07, 6.45) is 0. The summed E-state index contributed by atoms with van der Waals surface area (Å²) in [5, 5.41) is 0.356. The number of nitrogens with two attached hydrogens (primary N) is 1. The van der Waals surface area contributed by atoms with Crippen LogP contribution in [-0.4, -0.2) is 29.9 Å². The molecule has 0 saturated heterocycles. The van der Waals surface area contributed by atoms with E-state index in [0.29, 0.717) is 22.2 Å². The number of fused-ring (bicyclic) bond motifs is 1. The second kappa shape index (κ2) is 8.33. The van der Waals surface area contributed by atoms with Gasteiger partial charge in [0.05, 0.1) is 16.5 Å². The number of benzene rings is 2. The van der Waals surface area contributed by atoms with Crippen LogP contribution in [0.25, 0.3) is 10.9 Å². The minimum atomic E-state index is -0.736. The van der Waals surface area contributed by atoms with E-state index in [1.165, 1.54) is 4.90 Å². The van der Waals surface area contributed by atoms with Crippen LogP contribution in [0.4, 0.5) is 5.69 Å². The second-order valence-electron chi connectivity index (χ2n) is 5.42. The van der Waals surface area contributed by atoms with Gasteiger partial charge in [0.15, 0.2) is 0 Å². The van der Waals surface area contributed by atoms with Crippen LogP contribution in [0.15, 0.2) is 59.3 Å². The van der Waals surface area contributed by atoms with E-state index in [9.17, 15) is 14.4 Å². The lowest BCUT2D eigenvalue weighted by Gasteiger charge is -2.12. The van der Waals surface area contributed by atoms with E-state index in [1.54, 1.807) is 44.4 Å². The first-order valence-electron chi connectivity index (χ1n) is 7.28. The van der Waals surface area contributed by atoms with Crippen molar-refractivity contribution in [3.63, 3.8) is 0 Å². The van der Waals surface area contributed by atoms with Gasteiger partial charge >= 0.3 is 11.4 Å². The maximum atomic E-state index is 11.5. The van der Waals surface area contributed by atoms with Gasteiger partial charge in [0.2, 0.25) is 0 Å². The molecule has 0 spiro atoms. The zero-order valence-electron chi connectivity index (χ0n) is 13.9. The highest BCUT2D eigenvalue weighted by atomic mass is 79.9. The first-order valence-corrected chi connectivity index (χ1v) is 8.87. The summed E-state index contributed by atoms with van der Waals surface area (Å²) in [5.41, 5.74) is 6.54. The molecule has 1 amide bonds. The monoisotopic (exact) mass is 483 g/mol. The average Bonchev–Trinajstić information content (AvgIpc) is 2.57. The fraction of sp³-hybridized carbons (Fsp3) is 0.118.